The second-order valence-corrected chi connectivity index (χ2v) is 4.49. The Balaban J connectivity index is 2.31. The number of benzene rings is 1. The van der Waals surface area contributed by atoms with E-state index in [1.807, 2.05) is 24.3 Å². The maximum Gasteiger partial charge on any atom is 0.0369 e. The molecule has 0 unspecified atom stereocenters. The maximum atomic E-state index is 5.95. The average Bonchev–Trinajstić information content (AvgIpc) is 2.19. The second kappa shape index (κ2) is 4.33. The van der Waals surface area contributed by atoms with Gasteiger partial charge in [-0.25, -0.2) is 0 Å². The van der Waals surface area contributed by atoms with Crippen molar-refractivity contribution in [1.29, 1.82) is 0 Å². The largest absolute Gasteiger partial charge is 0.0847 e. The van der Waals surface area contributed by atoms with Crippen LogP contribution in [0.3, 0.4) is 0 Å². The highest BCUT2D eigenvalue weighted by atomic mass is 79.9. The van der Waals surface area contributed by atoms with Crippen LogP contribution in [-0.4, -0.2) is 0 Å². The summed E-state index contributed by atoms with van der Waals surface area (Å²) in [6.45, 7) is 0. The zero-order chi connectivity index (χ0) is 9.97. The van der Waals surface area contributed by atoms with Crippen LogP contribution >= 0.6 is 27.5 Å². The van der Waals surface area contributed by atoms with Gasteiger partial charge in [0.25, 0.3) is 0 Å². The van der Waals surface area contributed by atoms with E-state index in [2.05, 4.69) is 34.5 Å². The molecule has 0 aliphatic heterocycles. The highest BCUT2D eigenvalue weighted by Crippen LogP contribution is 2.27. The van der Waals surface area contributed by atoms with Crippen molar-refractivity contribution in [1.82, 2.24) is 0 Å². The summed E-state index contributed by atoms with van der Waals surface area (Å²) in [5.41, 5.74) is 2.41. The molecule has 0 atom stereocenters. The molecule has 0 fully saturated rings. The molecule has 1 aromatic rings. The molecular formula is C12H9BrCl. The normalized spacial score (nSPS) is 16.1. The fourth-order valence-electron chi connectivity index (χ4n) is 1.41. The van der Waals surface area contributed by atoms with Gasteiger partial charge in [-0.3, -0.25) is 0 Å². The molecule has 1 aliphatic rings. The molecule has 2 heteroatoms. The standard InChI is InChI=1S/C12H9BrCl/c13-11-6-4-9(5-7-11)10-2-1-3-12(14)8-10/h2-8H,1H2. The lowest BCUT2D eigenvalue weighted by Crippen LogP contribution is -1.90. The first kappa shape index (κ1) is 10.0. The minimum Gasteiger partial charge on any atom is -0.0847 e. The summed E-state index contributed by atoms with van der Waals surface area (Å²) in [5.74, 6) is 0. The third-order valence-corrected chi connectivity index (χ3v) is 2.91. The highest BCUT2D eigenvalue weighted by molar-refractivity contribution is 9.10. The first-order valence-electron chi connectivity index (χ1n) is 4.42. The SMILES string of the molecule is ClC1=CC[CH]C(c2ccc(Br)cc2)=C1. The zero-order valence-electron chi connectivity index (χ0n) is 7.50. The van der Waals surface area contributed by atoms with Gasteiger partial charge in [0, 0.05) is 9.51 Å². The zero-order valence-corrected chi connectivity index (χ0v) is 9.85. The quantitative estimate of drug-likeness (QED) is 0.700. The van der Waals surface area contributed by atoms with E-state index >= 15 is 0 Å². The average molecular weight is 269 g/mol. The van der Waals surface area contributed by atoms with Crippen LogP contribution in [0.4, 0.5) is 0 Å². The van der Waals surface area contributed by atoms with Crippen molar-refractivity contribution in [2.45, 2.75) is 6.42 Å². The first-order chi connectivity index (χ1) is 6.75. The molecule has 0 saturated carbocycles. The third-order valence-electron chi connectivity index (χ3n) is 2.12. The van der Waals surface area contributed by atoms with Crippen molar-refractivity contribution in [3.8, 4) is 0 Å². The van der Waals surface area contributed by atoms with E-state index in [0.29, 0.717) is 0 Å². The Labute approximate surface area is 97.4 Å². The molecule has 0 aromatic heterocycles. The van der Waals surface area contributed by atoms with Crippen LogP contribution in [0.5, 0.6) is 0 Å². The van der Waals surface area contributed by atoms with Crippen LogP contribution < -0.4 is 0 Å². The number of hydrogen-bond donors (Lipinski definition) is 0. The van der Waals surface area contributed by atoms with Gasteiger partial charge in [0.05, 0.1) is 0 Å². The van der Waals surface area contributed by atoms with Gasteiger partial charge >= 0.3 is 0 Å². The molecule has 1 aliphatic carbocycles. The van der Waals surface area contributed by atoms with Gasteiger partial charge in [0.15, 0.2) is 0 Å². The number of halogens is 2. The van der Waals surface area contributed by atoms with E-state index < -0.39 is 0 Å². The molecule has 0 nitrogen and oxygen atoms in total. The van der Waals surface area contributed by atoms with E-state index in [-0.39, 0.29) is 0 Å². The molecule has 0 bridgehead atoms. The molecule has 0 amide bonds. The Hall–Kier alpha value is -0.530. The van der Waals surface area contributed by atoms with E-state index in [0.717, 1.165) is 15.9 Å². The third kappa shape index (κ3) is 2.28. The molecule has 0 saturated heterocycles. The van der Waals surface area contributed by atoms with Crippen LogP contribution in [0.1, 0.15) is 12.0 Å². The van der Waals surface area contributed by atoms with Crippen molar-refractivity contribution in [3.05, 3.63) is 57.9 Å². The summed E-state index contributed by atoms with van der Waals surface area (Å²) in [6.07, 6.45) is 7.09. The van der Waals surface area contributed by atoms with Crippen molar-refractivity contribution in [2.75, 3.05) is 0 Å². The lowest BCUT2D eigenvalue weighted by atomic mass is 9.97. The molecule has 0 spiro atoms. The molecule has 71 valence electrons. The van der Waals surface area contributed by atoms with Gasteiger partial charge in [-0.05, 0) is 42.2 Å². The number of allylic oxidation sites excluding steroid dienone is 4. The summed E-state index contributed by atoms with van der Waals surface area (Å²) >= 11 is 9.36. The van der Waals surface area contributed by atoms with Gasteiger partial charge in [-0.1, -0.05) is 45.7 Å². The predicted octanol–water partition coefficient (Wildman–Crippen LogP) is 4.56. The molecule has 0 heterocycles. The van der Waals surface area contributed by atoms with Crippen molar-refractivity contribution >= 4 is 33.1 Å². The Kier molecular flexibility index (Phi) is 3.09. The minimum absolute atomic E-state index is 0.824. The maximum absolute atomic E-state index is 5.95. The molecule has 0 N–H and O–H groups in total. The lowest BCUT2D eigenvalue weighted by Gasteiger charge is -2.10. The predicted molar refractivity (Wildman–Crippen MR) is 65.0 cm³/mol. The lowest BCUT2D eigenvalue weighted by molar-refractivity contribution is 1.26. The van der Waals surface area contributed by atoms with Crippen LogP contribution in [-0.2, 0) is 0 Å². The fourth-order valence-corrected chi connectivity index (χ4v) is 1.88. The van der Waals surface area contributed by atoms with E-state index in [1.54, 1.807) is 0 Å². The van der Waals surface area contributed by atoms with Gasteiger partial charge in [-0.2, -0.15) is 0 Å². The Morgan fingerprint density at radius 3 is 2.50 bits per heavy atom. The van der Waals surface area contributed by atoms with Crippen LogP contribution in [0, 0.1) is 6.42 Å². The summed E-state index contributed by atoms with van der Waals surface area (Å²) in [4.78, 5) is 0. The Morgan fingerprint density at radius 1 is 1.14 bits per heavy atom. The van der Waals surface area contributed by atoms with E-state index in [1.165, 1.54) is 11.1 Å². The topological polar surface area (TPSA) is 0 Å². The first-order valence-corrected chi connectivity index (χ1v) is 5.59. The Bertz CT molecular complexity index is 387. The second-order valence-electron chi connectivity index (χ2n) is 3.14. The fraction of sp³-hybridized carbons (Fsp3) is 0.0833. The van der Waals surface area contributed by atoms with E-state index in [9.17, 15) is 0 Å². The Morgan fingerprint density at radius 2 is 1.86 bits per heavy atom. The van der Waals surface area contributed by atoms with E-state index in [4.69, 9.17) is 11.6 Å². The smallest absolute Gasteiger partial charge is 0.0369 e. The monoisotopic (exact) mass is 267 g/mol. The molecule has 2 rings (SSSR count). The van der Waals surface area contributed by atoms with Gasteiger partial charge in [-0.15, -0.1) is 0 Å². The van der Waals surface area contributed by atoms with Crippen molar-refractivity contribution in [3.63, 3.8) is 0 Å². The summed E-state index contributed by atoms with van der Waals surface area (Å²) in [7, 11) is 0. The highest BCUT2D eigenvalue weighted by Gasteiger charge is 2.06. The molecule has 1 aromatic carbocycles. The minimum atomic E-state index is 0.824. The number of rotatable bonds is 1. The van der Waals surface area contributed by atoms with Gasteiger partial charge in [0.2, 0.25) is 0 Å². The summed E-state index contributed by atoms with van der Waals surface area (Å²) in [5, 5.41) is 0.824. The van der Waals surface area contributed by atoms with Crippen LogP contribution in [0.15, 0.2) is 45.9 Å². The molecule has 14 heavy (non-hydrogen) atoms. The van der Waals surface area contributed by atoms with Crippen LogP contribution in [0.25, 0.3) is 5.57 Å². The summed E-state index contributed by atoms with van der Waals surface area (Å²) in [6, 6.07) is 8.25. The summed E-state index contributed by atoms with van der Waals surface area (Å²) < 4.78 is 1.10. The van der Waals surface area contributed by atoms with Gasteiger partial charge in [0.1, 0.15) is 0 Å². The van der Waals surface area contributed by atoms with Crippen molar-refractivity contribution < 1.29 is 0 Å². The van der Waals surface area contributed by atoms with Crippen LogP contribution in [0.2, 0.25) is 0 Å². The molecular weight excluding hydrogens is 259 g/mol. The van der Waals surface area contributed by atoms with Crippen molar-refractivity contribution in [2.24, 2.45) is 0 Å². The van der Waals surface area contributed by atoms with Gasteiger partial charge < -0.3 is 0 Å². The molecule has 1 radical (unpaired) electrons. The number of hydrogen-bond acceptors (Lipinski definition) is 0.